The molecular formula is C27H31N3O3S. The number of rotatable bonds is 10. The standard InChI is InChI=1S/C27H31N3O3S/c1-3-4-16-30(19-21-8-7-9-23(17-21)27(28)29)26(31)18-20-12-14-22(15-13-20)24-10-5-6-11-25(24)34(2,32)33/h5-15,17H,3-4,16,18-19H2,1-2H3,(H3,28,29). The van der Waals surface area contributed by atoms with Gasteiger partial charge >= 0.3 is 0 Å². The molecule has 3 rings (SSSR count). The molecule has 34 heavy (non-hydrogen) atoms. The number of carbonyl (C=O) groups excluding carboxylic acids is 1. The van der Waals surface area contributed by atoms with Gasteiger partial charge in [0.05, 0.1) is 11.3 Å². The maximum Gasteiger partial charge on any atom is 0.227 e. The van der Waals surface area contributed by atoms with Crippen molar-refractivity contribution in [2.45, 2.75) is 37.6 Å². The van der Waals surface area contributed by atoms with Crippen molar-refractivity contribution in [3.63, 3.8) is 0 Å². The van der Waals surface area contributed by atoms with Crippen LogP contribution in [0.2, 0.25) is 0 Å². The van der Waals surface area contributed by atoms with E-state index in [4.69, 9.17) is 11.1 Å². The summed E-state index contributed by atoms with van der Waals surface area (Å²) < 4.78 is 24.3. The van der Waals surface area contributed by atoms with E-state index in [1.165, 1.54) is 6.26 Å². The van der Waals surface area contributed by atoms with Crippen LogP contribution in [0, 0.1) is 5.41 Å². The van der Waals surface area contributed by atoms with Gasteiger partial charge in [-0.3, -0.25) is 10.2 Å². The van der Waals surface area contributed by atoms with Crippen molar-refractivity contribution in [3.8, 4) is 11.1 Å². The lowest BCUT2D eigenvalue weighted by Crippen LogP contribution is -2.32. The molecule has 0 saturated carbocycles. The number of nitrogens with two attached hydrogens (primary N) is 1. The number of unbranched alkanes of at least 4 members (excludes halogenated alkanes) is 1. The van der Waals surface area contributed by atoms with E-state index >= 15 is 0 Å². The molecule has 0 spiro atoms. The van der Waals surface area contributed by atoms with Crippen LogP contribution in [-0.4, -0.2) is 37.9 Å². The van der Waals surface area contributed by atoms with Crippen molar-refractivity contribution < 1.29 is 13.2 Å². The van der Waals surface area contributed by atoms with Crippen LogP contribution in [0.3, 0.4) is 0 Å². The molecular weight excluding hydrogens is 446 g/mol. The van der Waals surface area contributed by atoms with Crippen LogP contribution in [0.1, 0.15) is 36.5 Å². The Bertz CT molecular complexity index is 1270. The number of sulfone groups is 1. The lowest BCUT2D eigenvalue weighted by atomic mass is 10.0. The molecule has 0 heterocycles. The molecule has 3 aromatic carbocycles. The SMILES string of the molecule is CCCCN(Cc1cccc(C(=N)N)c1)C(=O)Cc1ccc(-c2ccccc2S(C)(=O)=O)cc1. The van der Waals surface area contributed by atoms with Gasteiger partial charge in [-0.05, 0) is 35.2 Å². The van der Waals surface area contributed by atoms with E-state index in [2.05, 4.69) is 6.92 Å². The predicted octanol–water partition coefficient (Wildman–Crippen LogP) is 4.41. The number of benzene rings is 3. The zero-order valence-corrected chi connectivity index (χ0v) is 20.4. The van der Waals surface area contributed by atoms with Gasteiger partial charge in [-0.25, -0.2) is 8.42 Å². The Morgan fingerprint density at radius 1 is 0.971 bits per heavy atom. The molecule has 0 aliphatic heterocycles. The molecule has 7 heteroatoms. The van der Waals surface area contributed by atoms with Gasteiger partial charge < -0.3 is 10.6 Å². The first-order valence-electron chi connectivity index (χ1n) is 11.3. The number of hydrogen-bond acceptors (Lipinski definition) is 4. The van der Waals surface area contributed by atoms with Gasteiger partial charge in [0.15, 0.2) is 9.84 Å². The van der Waals surface area contributed by atoms with Crippen molar-refractivity contribution in [3.05, 3.63) is 89.5 Å². The van der Waals surface area contributed by atoms with E-state index in [1.807, 2.05) is 53.4 Å². The molecule has 0 aliphatic carbocycles. The highest BCUT2D eigenvalue weighted by Gasteiger charge is 2.16. The second-order valence-electron chi connectivity index (χ2n) is 8.42. The fraction of sp³-hybridized carbons (Fsp3) is 0.259. The van der Waals surface area contributed by atoms with E-state index in [9.17, 15) is 13.2 Å². The number of nitrogens with zero attached hydrogens (tertiary/aromatic N) is 1. The number of hydrogen-bond donors (Lipinski definition) is 2. The first kappa shape index (κ1) is 25.2. The highest BCUT2D eigenvalue weighted by Crippen LogP contribution is 2.27. The van der Waals surface area contributed by atoms with Gasteiger partial charge in [0.1, 0.15) is 5.84 Å². The third kappa shape index (κ3) is 6.54. The van der Waals surface area contributed by atoms with Crippen LogP contribution in [-0.2, 0) is 27.6 Å². The van der Waals surface area contributed by atoms with Crippen molar-refractivity contribution in [1.82, 2.24) is 4.90 Å². The quantitative estimate of drug-likeness (QED) is 0.333. The van der Waals surface area contributed by atoms with Gasteiger partial charge in [0.2, 0.25) is 5.91 Å². The second kappa shape index (κ2) is 11.1. The summed E-state index contributed by atoms with van der Waals surface area (Å²) in [7, 11) is -3.35. The minimum absolute atomic E-state index is 0.00539. The molecule has 0 radical (unpaired) electrons. The molecule has 0 aliphatic rings. The monoisotopic (exact) mass is 477 g/mol. The van der Waals surface area contributed by atoms with Crippen LogP contribution >= 0.6 is 0 Å². The van der Waals surface area contributed by atoms with Crippen LogP contribution in [0.4, 0.5) is 0 Å². The predicted molar refractivity (Wildman–Crippen MR) is 136 cm³/mol. The summed E-state index contributed by atoms with van der Waals surface area (Å²) in [5, 5.41) is 7.65. The Morgan fingerprint density at radius 2 is 1.68 bits per heavy atom. The van der Waals surface area contributed by atoms with Crippen molar-refractivity contribution >= 4 is 21.6 Å². The van der Waals surface area contributed by atoms with Gasteiger partial charge in [-0.1, -0.05) is 74.0 Å². The Hall–Kier alpha value is -3.45. The van der Waals surface area contributed by atoms with Crippen molar-refractivity contribution in [1.29, 1.82) is 5.41 Å². The summed E-state index contributed by atoms with van der Waals surface area (Å²) in [6, 6.07) is 21.8. The number of carbonyl (C=O) groups is 1. The third-order valence-corrected chi connectivity index (χ3v) is 6.81. The molecule has 0 fully saturated rings. The molecule has 0 aromatic heterocycles. The lowest BCUT2D eigenvalue weighted by molar-refractivity contribution is -0.131. The van der Waals surface area contributed by atoms with E-state index in [0.717, 1.165) is 29.5 Å². The largest absolute Gasteiger partial charge is 0.384 e. The Kier molecular flexibility index (Phi) is 8.23. The van der Waals surface area contributed by atoms with E-state index in [1.54, 1.807) is 24.3 Å². The van der Waals surface area contributed by atoms with Gasteiger partial charge in [-0.2, -0.15) is 0 Å². The van der Waals surface area contributed by atoms with Gasteiger partial charge in [0.25, 0.3) is 0 Å². The zero-order chi connectivity index (χ0) is 24.7. The van der Waals surface area contributed by atoms with Crippen LogP contribution in [0.5, 0.6) is 0 Å². The second-order valence-corrected chi connectivity index (χ2v) is 10.4. The number of nitrogens with one attached hydrogen (secondary N) is 1. The Morgan fingerprint density at radius 3 is 2.32 bits per heavy atom. The maximum absolute atomic E-state index is 13.2. The third-order valence-electron chi connectivity index (χ3n) is 5.65. The van der Waals surface area contributed by atoms with E-state index < -0.39 is 9.84 Å². The van der Waals surface area contributed by atoms with Crippen molar-refractivity contribution in [2.24, 2.45) is 5.73 Å². The minimum atomic E-state index is -3.35. The maximum atomic E-state index is 13.2. The molecule has 6 nitrogen and oxygen atoms in total. The summed E-state index contributed by atoms with van der Waals surface area (Å²) in [5.41, 5.74) is 9.50. The first-order valence-corrected chi connectivity index (χ1v) is 13.2. The summed E-state index contributed by atoms with van der Waals surface area (Å²) >= 11 is 0. The summed E-state index contributed by atoms with van der Waals surface area (Å²) in [4.78, 5) is 15.3. The highest BCUT2D eigenvalue weighted by atomic mass is 32.2. The van der Waals surface area contributed by atoms with Crippen LogP contribution < -0.4 is 5.73 Å². The molecule has 0 unspecified atom stereocenters. The highest BCUT2D eigenvalue weighted by molar-refractivity contribution is 7.90. The van der Waals surface area contributed by atoms with Gasteiger partial charge in [0, 0.05) is 30.5 Å². The minimum Gasteiger partial charge on any atom is -0.384 e. The smallest absolute Gasteiger partial charge is 0.227 e. The summed E-state index contributed by atoms with van der Waals surface area (Å²) in [5.74, 6) is 0.0248. The molecule has 0 bridgehead atoms. The number of nitrogen functional groups attached to an aromatic ring is 1. The fourth-order valence-corrected chi connectivity index (χ4v) is 4.73. The molecule has 3 aromatic rings. The van der Waals surface area contributed by atoms with E-state index in [-0.39, 0.29) is 23.1 Å². The molecule has 1 amide bonds. The summed E-state index contributed by atoms with van der Waals surface area (Å²) in [6.07, 6.45) is 3.34. The topological polar surface area (TPSA) is 104 Å². The zero-order valence-electron chi connectivity index (χ0n) is 19.6. The Labute approximate surface area is 201 Å². The lowest BCUT2D eigenvalue weighted by Gasteiger charge is -2.23. The van der Waals surface area contributed by atoms with Crippen LogP contribution in [0.25, 0.3) is 11.1 Å². The van der Waals surface area contributed by atoms with Crippen LogP contribution in [0.15, 0.2) is 77.7 Å². The van der Waals surface area contributed by atoms with Gasteiger partial charge in [-0.15, -0.1) is 0 Å². The Balaban J connectivity index is 1.77. The average molecular weight is 478 g/mol. The fourth-order valence-electron chi connectivity index (χ4n) is 3.82. The first-order chi connectivity index (χ1) is 16.2. The van der Waals surface area contributed by atoms with Crippen molar-refractivity contribution in [2.75, 3.05) is 12.8 Å². The molecule has 0 atom stereocenters. The number of amides is 1. The normalized spacial score (nSPS) is 11.2. The summed E-state index contributed by atoms with van der Waals surface area (Å²) in [6.45, 7) is 3.20. The molecule has 3 N–H and O–H groups in total. The average Bonchev–Trinajstić information content (AvgIpc) is 2.82. The molecule has 0 saturated heterocycles. The molecule has 178 valence electrons. The number of amidine groups is 1. The van der Waals surface area contributed by atoms with E-state index in [0.29, 0.717) is 24.2 Å².